The van der Waals surface area contributed by atoms with Crippen molar-refractivity contribution < 1.29 is 13.2 Å². The number of carbonyl (C=O) groups is 1. The fourth-order valence-electron chi connectivity index (χ4n) is 2.75. The molecule has 0 aliphatic carbocycles. The Hall–Kier alpha value is -2.09. The summed E-state index contributed by atoms with van der Waals surface area (Å²) < 4.78 is 27.1. The molecule has 26 heavy (non-hydrogen) atoms. The van der Waals surface area contributed by atoms with E-state index in [-0.39, 0.29) is 29.3 Å². The molecular weight excluding hydrogens is 374 g/mol. The van der Waals surface area contributed by atoms with Crippen LogP contribution in [0.3, 0.4) is 0 Å². The van der Waals surface area contributed by atoms with Crippen LogP contribution in [0, 0.1) is 0 Å². The number of anilines is 1. The van der Waals surface area contributed by atoms with Crippen LogP contribution in [0.1, 0.15) is 23.2 Å². The molecule has 2 aromatic rings. The smallest absolute Gasteiger partial charge is 0.261 e. The standard InChI is InChI=1S/C18H21N3O3S.ClH/c22-18(20-16-5-4-12-19-13-16)14-8-10-15(11-9-14)21-25(23,24)17-6-2-1-3-7-17;/h1-3,6-11,16,19,21H,4-5,12-13H2,(H,20,22);1H/t16-;/m0./s1. The molecule has 140 valence electrons. The quantitative estimate of drug-likeness (QED) is 0.725. The predicted molar refractivity (Wildman–Crippen MR) is 104 cm³/mol. The Labute approximate surface area is 159 Å². The Bertz CT molecular complexity index is 821. The van der Waals surface area contributed by atoms with Gasteiger partial charge in [-0.1, -0.05) is 18.2 Å². The van der Waals surface area contributed by atoms with Gasteiger partial charge in [-0.15, -0.1) is 12.4 Å². The van der Waals surface area contributed by atoms with Crippen LogP contribution in [-0.2, 0) is 10.0 Å². The second kappa shape index (κ2) is 9.02. The largest absolute Gasteiger partial charge is 0.348 e. The molecule has 1 heterocycles. The van der Waals surface area contributed by atoms with Gasteiger partial charge in [0, 0.05) is 23.8 Å². The van der Waals surface area contributed by atoms with E-state index in [1.54, 1.807) is 42.5 Å². The van der Waals surface area contributed by atoms with Gasteiger partial charge < -0.3 is 10.6 Å². The van der Waals surface area contributed by atoms with E-state index in [0.29, 0.717) is 11.3 Å². The molecule has 1 atom stereocenters. The Kier molecular flexibility index (Phi) is 7.02. The van der Waals surface area contributed by atoms with E-state index >= 15 is 0 Å². The normalized spacial score (nSPS) is 17.0. The van der Waals surface area contributed by atoms with Crippen molar-refractivity contribution in [1.82, 2.24) is 10.6 Å². The zero-order valence-electron chi connectivity index (χ0n) is 14.1. The molecule has 0 bridgehead atoms. The highest BCUT2D eigenvalue weighted by Crippen LogP contribution is 2.16. The van der Waals surface area contributed by atoms with Crippen molar-refractivity contribution in [1.29, 1.82) is 0 Å². The van der Waals surface area contributed by atoms with Gasteiger partial charge in [0.1, 0.15) is 0 Å². The number of hydrogen-bond acceptors (Lipinski definition) is 4. The molecule has 0 unspecified atom stereocenters. The van der Waals surface area contributed by atoms with Crippen LogP contribution in [0.5, 0.6) is 0 Å². The minimum absolute atomic E-state index is 0. The molecule has 1 saturated heterocycles. The van der Waals surface area contributed by atoms with Crippen LogP contribution in [0.2, 0.25) is 0 Å². The first kappa shape index (κ1) is 20.2. The van der Waals surface area contributed by atoms with Gasteiger partial charge in [0.25, 0.3) is 15.9 Å². The van der Waals surface area contributed by atoms with E-state index in [1.807, 2.05) is 0 Å². The van der Waals surface area contributed by atoms with Gasteiger partial charge in [-0.2, -0.15) is 0 Å². The lowest BCUT2D eigenvalue weighted by Gasteiger charge is -2.23. The van der Waals surface area contributed by atoms with E-state index in [2.05, 4.69) is 15.4 Å². The van der Waals surface area contributed by atoms with Gasteiger partial charge in [0.05, 0.1) is 4.90 Å². The predicted octanol–water partition coefficient (Wildman–Crippen LogP) is 2.39. The molecule has 2 aromatic carbocycles. The monoisotopic (exact) mass is 395 g/mol. The summed E-state index contributed by atoms with van der Waals surface area (Å²) >= 11 is 0. The fraction of sp³-hybridized carbons (Fsp3) is 0.278. The van der Waals surface area contributed by atoms with Crippen LogP contribution in [0.25, 0.3) is 0 Å². The third-order valence-corrected chi connectivity index (χ3v) is 5.48. The summed E-state index contributed by atoms with van der Waals surface area (Å²) in [6.45, 7) is 1.77. The highest BCUT2D eigenvalue weighted by molar-refractivity contribution is 7.92. The first-order valence-electron chi connectivity index (χ1n) is 8.24. The summed E-state index contributed by atoms with van der Waals surface area (Å²) in [5, 5.41) is 6.24. The number of sulfonamides is 1. The van der Waals surface area contributed by atoms with Crippen molar-refractivity contribution in [3.63, 3.8) is 0 Å². The van der Waals surface area contributed by atoms with Gasteiger partial charge >= 0.3 is 0 Å². The fourth-order valence-corrected chi connectivity index (χ4v) is 3.83. The number of carbonyl (C=O) groups excluding carboxylic acids is 1. The first-order chi connectivity index (χ1) is 12.0. The summed E-state index contributed by atoms with van der Waals surface area (Å²) in [6, 6.07) is 14.7. The van der Waals surface area contributed by atoms with Gasteiger partial charge in [0.15, 0.2) is 0 Å². The second-order valence-corrected chi connectivity index (χ2v) is 7.70. The molecule has 1 fully saturated rings. The van der Waals surface area contributed by atoms with Gasteiger partial charge in [-0.05, 0) is 55.8 Å². The average molecular weight is 396 g/mol. The minimum Gasteiger partial charge on any atom is -0.348 e. The van der Waals surface area contributed by atoms with Gasteiger partial charge in [-0.25, -0.2) is 8.42 Å². The highest BCUT2D eigenvalue weighted by atomic mass is 35.5. The van der Waals surface area contributed by atoms with Crippen molar-refractivity contribution in [3.8, 4) is 0 Å². The molecule has 0 aromatic heterocycles. The third kappa shape index (κ3) is 5.20. The van der Waals surface area contributed by atoms with Gasteiger partial charge in [-0.3, -0.25) is 9.52 Å². The Morgan fingerprint density at radius 1 is 1.04 bits per heavy atom. The van der Waals surface area contributed by atoms with Gasteiger partial charge in [0.2, 0.25) is 0 Å². The zero-order valence-corrected chi connectivity index (χ0v) is 15.8. The molecule has 1 aliphatic rings. The van der Waals surface area contributed by atoms with E-state index in [0.717, 1.165) is 25.9 Å². The van der Waals surface area contributed by atoms with Crippen LogP contribution < -0.4 is 15.4 Å². The molecule has 1 amide bonds. The Morgan fingerprint density at radius 2 is 1.73 bits per heavy atom. The number of piperidine rings is 1. The SMILES string of the molecule is Cl.O=C(N[C@H]1CCCNC1)c1ccc(NS(=O)(=O)c2ccccc2)cc1. The summed E-state index contributed by atoms with van der Waals surface area (Å²) in [7, 11) is -3.63. The maximum Gasteiger partial charge on any atom is 0.261 e. The average Bonchev–Trinajstić information content (AvgIpc) is 2.63. The van der Waals surface area contributed by atoms with Crippen molar-refractivity contribution in [2.24, 2.45) is 0 Å². The third-order valence-electron chi connectivity index (χ3n) is 4.08. The van der Waals surface area contributed by atoms with E-state index in [9.17, 15) is 13.2 Å². The van der Waals surface area contributed by atoms with E-state index in [4.69, 9.17) is 0 Å². The van der Waals surface area contributed by atoms with Crippen molar-refractivity contribution >= 4 is 34.0 Å². The molecule has 6 nitrogen and oxygen atoms in total. The number of rotatable bonds is 5. The molecule has 3 rings (SSSR count). The number of hydrogen-bond donors (Lipinski definition) is 3. The lowest BCUT2D eigenvalue weighted by Crippen LogP contribution is -2.45. The second-order valence-electron chi connectivity index (χ2n) is 6.01. The lowest BCUT2D eigenvalue weighted by molar-refractivity contribution is 0.0930. The molecule has 3 N–H and O–H groups in total. The number of amides is 1. The minimum atomic E-state index is -3.63. The molecule has 0 radical (unpaired) electrons. The first-order valence-corrected chi connectivity index (χ1v) is 9.72. The number of halogens is 1. The summed E-state index contributed by atoms with van der Waals surface area (Å²) in [6.07, 6.45) is 2.01. The molecule has 0 spiro atoms. The van der Waals surface area contributed by atoms with Crippen LogP contribution in [0.4, 0.5) is 5.69 Å². The molecule has 1 aliphatic heterocycles. The van der Waals surface area contributed by atoms with Crippen molar-refractivity contribution in [2.45, 2.75) is 23.8 Å². The van der Waals surface area contributed by atoms with Crippen LogP contribution in [0.15, 0.2) is 59.5 Å². The topological polar surface area (TPSA) is 87.3 Å². The molecule has 0 saturated carbocycles. The van der Waals surface area contributed by atoms with Crippen molar-refractivity contribution in [3.05, 3.63) is 60.2 Å². The number of benzene rings is 2. The lowest BCUT2D eigenvalue weighted by atomic mass is 10.1. The van der Waals surface area contributed by atoms with Crippen LogP contribution in [-0.4, -0.2) is 33.5 Å². The van der Waals surface area contributed by atoms with E-state index in [1.165, 1.54) is 12.1 Å². The molecule has 8 heteroatoms. The summed E-state index contributed by atoms with van der Waals surface area (Å²) in [5.41, 5.74) is 0.924. The van der Waals surface area contributed by atoms with Crippen molar-refractivity contribution in [2.75, 3.05) is 17.8 Å². The maximum atomic E-state index is 12.3. The summed E-state index contributed by atoms with van der Waals surface area (Å²) in [5.74, 6) is -0.147. The molecular formula is C18H22ClN3O3S. The highest BCUT2D eigenvalue weighted by Gasteiger charge is 2.17. The zero-order chi connectivity index (χ0) is 17.7. The number of nitrogens with one attached hydrogen (secondary N) is 3. The Morgan fingerprint density at radius 3 is 2.35 bits per heavy atom. The summed E-state index contributed by atoms with van der Waals surface area (Å²) in [4.78, 5) is 12.4. The maximum absolute atomic E-state index is 12.3. The Balaban J connectivity index is 0.00000243. The van der Waals surface area contributed by atoms with Crippen LogP contribution >= 0.6 is 12.4 Å². The van der Waals surface area contributed by atoms with E-state index < -0.39 is 10.0 Å².